The lowest BCUT2D eigenvalue weighted by molar-refractivity contribution is -0.122. The number of rotatable bonds is 9. The monoisotopic (exact) mass is 528 g/mol. The van der Waals surface area contributed by atoms with Crippen LogP contribution < -0.4 is 14.8 Å². The van der Waals surface area contributed by atoms with E-state index in [9.17, 15) is 9.59 Å². The number of anilines is 1. The topological polar surface area (TPSA) is 81.0 Å². The third kappa shape index (κ3) is 6.25. The minimum absolute atomic E-state index is 0.189. The van der Waals surface area contributed by atoms with Gasteiger partial charge in [0.05, 0.1) is 35.0 Å². The molecule has 1 saturated heterocycles. The number of carbonyl (C=O) groups excluding carboxylic acids is 2. The summed E-state index contributed by atoms with van der Waals surface area (Å²) in [6, 6.07) is 15.7. The van der Waals surface area contributed by atoms with Crippen LogP contribution >= 0.6 is 35.6 Å². The molecule has 0 radical (unpaired) electrons. The first-order valence-corrected chi connectivity index (χ1v) is 12.3. The standard InChI is InChI=1S/C25H21ClN2O5S2/c1-2-31-21-12-16(13-22-24(30)28(25(34)35-22)14-17-6-5-11-32-17)9-10-20(21)33-15-23(29)27-19-8-4-3-7-18(19)26/h3-13H,2,14-15H2,1H3,(H,27,29)/b22-13-. The predicted molar refractivity (Wildman–Crippen MR) is 141 cm³/mol. The van der Waals surface area contributed by atoms with Gasteiger partial charge in [-0.1, -0.05) is 53.8 Å². The van der Waals surface area contributed by atoms with Gasteiger partial charge in [0, 0.05) is 0 Å². The molecule has 0 spiro atoms. The first-order valence-electron chi connectivity index (χ1n) is 10.7. The SMILES string of the molecule is CCOc1cc(/C=C2\SC(=S)N(Cc3ccco3)C2=O)ccc1OCC(=O)Nc1ccccc1Cl. The van der Waals surface area contributed by atoms with Gasteiger partial charge in [0.25, 0.3) is 11.8 Å². The van der Waals surface area contributed by atoms with Gasteiger partial charge >= 0.3 is 0 Å². The highest BCUT2D eigenvalue weighted by Gasteiger charge is 2.32. The summed E-state index contributed by atoms with van der Waals surface area (Å²) < 4.78 is 17.2. The summed E-state index contributed by atoms with van der Waals surface area (Å²) in [5.41, 5.74) is 1.24. The molecule has 1 aliphatic heterocycles. The second kappa shape index (κ2) is 11.4. The summed E-state index contributed by atoms with van der Waals surface area (Å²) in [6.07, 6.45) is 3.31. The quantitative estimate of drug-likeness (QED) is 0.280. The zero-order valence-electron chi connectivity index (χ0n) is 18.7. The highest BCUT2D eigenvalue weighted by atomic mass is 35.5. The van der Waals surface area contributed by atoms with E-state index in [1.54, 1.807) is 66.9 Å². The lowest BCUT2D eigenvalue weighted by Gasteiger charge is -2.13. The van der Waals surface area contributed by atoms with Crippen molar-refractivity contribution in [3.63, 3.8) is 0 Å². The number of carbonyl (C=O) groups is 2. The number of amides is 2. The summed E-state index contributed by atoms with van der Waals surface area (Å²) in [4.78, 5) is 27.2. The molecule has 0 aliphatic carbocycles. The smallest absolute Gasteiger partial charge is 0.266 e. The number of furan rings is 1. The number of hydrogen-bond acceptors (Lipinski definition) is 7. The molecule has 10 heteroatoms. The molecular formula is C25H21ClN2O5S2. The van der Waals surface area contributed by atoms with Crippen LogP contribution in [0.25, 0.3) is 6.08 Å². The average molecular weight is 529 g/mol. The third-order valence-corrected chi connectivity index (χ3v) is 6.55. The van der Waals surface area contributed by atoms with Crippen molar-refractivity contribution >= 4 is 63.5 Å². The van der Waals surface area contributed by atoms with Gasteiger partial charge < -0.3 is 19.2 Å². The first kappa shape index (κ1) is 24.8. The van der Waals surface area contributed by atoms with Crippen LogP contribution in [0.15, 0.2) is 70.2 Å². The Kier molecular flexibility index (Phi) is 8.12. The van der Waals surface area contributed by atoms with Crippen LogP contribution in [0.5, 0.6) is 11.5 Å². The van der Waals surface area contributed by atoms with Crippen molar-refractivity contribution in [3.8, 4) is 11.5 Å². The van der Waals surface area contributed by atoms with Gasteiger partial charge in [0.2, 0.25) is 0 Å². The number of halogens is 1. The number of benzene rings is 2. The zero-order valence-corrected chi connectivity index (χ0v) is 21.0. The largest absolute Gasteiger partial charge is 0.490 e. The Morgan fingerprint density at radius 1 is 1.17 bits per heavy atom. The summed E-state index contributed by atoms with van der Waals surface area (Å²) in [5, 5.41) is 3.15. The highest BCUT2D eigenvalue weighted by Crippen LogP contribution is 2.35. The van der Waals surface area contributed by atoms with Gasteiger partial charge in [-0.25, -0.2) is 0 Å². The minimum Gasteiger partial charge on any atom is -0.490 e. The van der Waals surface area contributed by atoms with Gasteiger partial charge in [-0.3, -0.25) is 14.5 Å². The predicted octanol–water partition coefficient (Wildman–Crippen LogP) is 5.75. The average Bonchev–Trinajstić information content (AvgIpc) is 3.44. The van der Waals surface area contributed by atoms with E-state index in [2.05, 4.69) is 5.32 Å². The van der Waals surface area contributed by atoms with Gasteiger partial charge in [0.1, 0.15) is 10.1 Å². The van der Waals surface area contributed by atoms with E-state index in [1.807, 2.05) is 6.92 Å². The fraction of sp³-hybridized carbons (Fsp3) is 0.160. The van der Waals surface area contributed by atoms with Crippen molar-refractivity contribution in [2.75, 3.05) is 18.5 Å². The molecule has 0 saturated carbocycles. The van der Waals surface area contributed by atoms with Crippen LogP contribution in [-0.2, 0) is 16.1 Å². The maximum absolute atomic E-state index is 12.9. The molecule has 4 rings (SSSR count). The molecule has 7 nitrogen and oxygen atoms in total. The first-order chi connectivity index (χ1) is 16.9. The fourth-order valence-corrected chi connectivity index (χ4v) is 4.68. The van der Waals surface area contributed by atoms with E-state index >= 15 is 0 Å². The number of thioether (sulfide) groups is 1. The van der Waals surface area contributed by atoms with Crippen molar-refractivity contribution in [2.24, 2.45) is 0 Å². The molecule has 0 unspecified atom stereocenters. The number of hydrogen-bond donors (Lipinski definition) is 1. The molecule has 2 amide bonds. The lowest BCUT2D eigenvalue weighted by Crippen LogP contribution is -2.27. The maximum Gasteiger partial charge on any atom is 0.266 e. The number of thiocarbonyl (C=S) groups is 1. The molecule has 1 fully saturated rings. The highest BCUT2D eigenvalue weighted by molar-refractivity contribution is 8.26. The van der Waals surface area contributed by atoms with Crippen molar-refractivity contribution < 1.29 is 23.5 Å². The van der Waals surface area contributed by atoms with Gasteiger partial charge in [-0.15, -0.1) is 0 Å². The Hall–Kier alpha value is -3.27. The molecule has 2 aromatic carbocycles. The Bertz CT molecular complexity index is 1280. The molecule has 180 valence electrons. The van der Waals surface area contributed by atoms with E-state index in [0.29, 0.717) is 43.8 Å². The van der Waals surface area contributed by atoms with E-state index in [0.717, 1.165) is 5.56 Å². The van der Waals surface area contributed by atoms with Gasteiger partial charge in [0.15, 0.2) is 18.1 Å². The zero-order chi connectivity index (χ0) is 24.8. The summed E-state index contributed by atoms with van der Waals surface area (Å²) in [6.45, 7) is 2.30. The fourth-order valence-electron chi connectivity index (χ4n) is 3.24. The molecule has 0 atom stereocenters. The lowest BCUT2D eigenvalue weighted by atomic mass is 10.2. The van der Waals surface area contributed by atoms with Crippen molar-refractivity contribution in [1.82, 2.24) is 4.90 Å². The Morgan fingerprint density at radius 3 is 2.74 bits per heavy atom. The Balaban J connectivity index is 1.44. The molecule has 35 heavy (non-hydrogen) atoms. The normalized spacial score (nSPS) is 14.5. The molecule has 1 aliphatic rings. The maximum atomic E-state index is 12.9. The number of para-hydroxylation sites is 1. The van der Waals surface area contributed by atoms with Crippen LogP contribution in [0.2, 0.25) is 5.02 Å². The summed E-state index contributed by atoms with van der Waals surface area (Å²) >= 11 is 12.7. The van der Waals surface area contributed by atoms with Crippen LogP contribution in [0.1, 0.15) is 18.2 Å². The minimum atomic E-state index is -0.357. The number of nitrogens with one attached hydrogen (secondary N) is 1. The number of ether oxygens (including phenoxy) is 2. The third-order valence-electron chi connectivity index (χ3n) is 4.84. The Labute approximate surface area is 217 Å². The summed E-state index contributed by atoms with van der Waals surface area (Å²) in [5.74, 6) is 0.971. The second-order valence-corrected chi connectivity index (χ2v) is 9.39. The summed E-state index contributed by atoms with van der Waals surface area (Å²) in [7, 11) is 0. The Morgan fingerprint density at radius 2 is 2.00 bits per heavy atom. The van der Waals surface area contributed by atoms with E-state index < -0.39 is 0 Å². The second-order valence-electron chi connectivity index (χ2n) is 7.30. The van der Waals surface area contributed by atoms with Crippen LogP contribution in [0.4, 0.5) is 5.69 Å². The van der Waals surface area contributed by atoms with Gasteiger partial charge in [-0.05, 0) is 55.0 Å². The molecular weight excluding hydrogens is 508 g/mol. The molecule has 2 heterocycles. The van der Waals surface area contributed by atoms with E-state index in [1.165, 1.54) is 16.7 Å². The molecule has 1 N–H and O–H groups in total. The van der Waals surface area contributed by atoms with Gasteiger partial charge in [-0.2, -0.15) is 0 Å². The van der Waals surface area contributed by atoms with Crippen LogP contribution in [0.3, 0.4) is 0 Å². The number of nitrogens with zero attached hydrogens (tertiary/aromatic N) is 1. The molecule has 1 aromatic heterocycles. The molecule has 3 aromatic rings. The van der Waals surface area contributed by atoms with E-state index in [4.69, 9.17) is 37.7 Å². The molecule has 0 bridgehead atoms. The van der Waals surface area contributed by atoms with Crippen molar-refractivity contribution in [2.45, 2.75) is 13.5 Å². The van der Waals surface area contributed by atoms with Crippen molar-refractivity contribution in [1.29, 1.82) is 0 Å². The van der Waals surface area contributed by atoms with E-state index in [-0.39, 0.29) is 25.0 Å². The van der Waals surface area contributed by atoms with Crippen LogP contribution in [0, 0.1) is 0 Å². The van der Waals surface area contributed by atoms with Crippen molar-refractivity contribution in [3.05, 3.63) is 82.1 Å². The van der Waals surface area contributed by atoms with Crippen LogP contribution in [-0.4, -0.2) is 34.2 Å².